The summed E-state index contributed by atoms with van der Waals surface area (Å²) in [5.74, 6) is -3.26. The summed E-state index contributed by atoms with van der Waals surface area (Å²) >= 11 is 0. The summed E-state index contributed by atoms with van der Waals surface area (Å²) < 4.78 is 81.1. The van der Waals surface area contributed by atoms with Crippen molar-refractivity contribution in [3.05, 3.63) is 87.5 Å². The van der Waals surface area contributed by atoms with Gasteiger partial charge >= 0.3 is 12.1 Å². The molecule has 1 atom stereocenters. The monoisotopic (exact) mass is 499 g/mol. The molecule has 0 spiro atoms. The van der Waals surface area contributed by atoms with Crippen molar-refractivity contribution in [2.75, 3.05) is 0 Å². The molecule has 3 rings (SSSR count). The Hall–Kier alpha value is -3.83. The van der Waals surface area contributed by atoms with Crippen LogP contribution in [0.25, 0.3) is 0 Å². The highest BCUT2D eigenvalue weighted by Crippen LogP contribution is 2.31. The van der Waals surface area contributed by atoms with Gasteiger partial charge in [-0.05, 0) is 36.8 Å². The largest absolute Gasteiger partial charge is 0.478 e. The number of nitrogens with zero attached hydrogens (tertiary/aromatic N) is 2. The van der Waals surface area contributed by atoms with Crippen LogP contribution in [0.2, 0.25) is 0 Å². The van der Waals surface area contributed by atoms with Crippen LogP contribution in [0.15, 0.2) is 42.5 Å². The Balaban J connectivity index is 1.91. The highest BCUT2D eigenvalue weighted by Gasteiger charge is 2.31. The van der Waals surface area contributed by atoms with Gasteiger partial charge in [0.1, 0.15) is 11.5 Å². The molecule has 3 aromatic rings. The normalized spacial score (nSPS) is 12.6. The summed E-state index contributed by atoms with van der Waals surface area (Å²) in [6.45, 7) is 1.38. The average Bonchev–Trinajstić information content (AvgIpc) is 3.09. The Morgan fingerprint density at radius 2 is 1.74 bits per heavy atom. The topological polar surface area (TPSA) is 84.2 Å². The molecule has 1 heterocycles. The minimum Gasteiger partial charge on any atom is -0.478 e. The Bertz CT molecular complexity index is 1250. The number of hydrogen-bond acceptors (Lipinski definition) is 3. The number of carboxylic acids is 1. The van der Waals surface area contributed by atoms with Crippen LogP contribution in [-0.4, -0.2) is 26.8 Å². The molecule has 0 unspecified atom stereocenters. The first-order valence-corrected chi connectivity index (χ1v) is 10.1. The van der Waals surface area contributed by atoms with Crippen LogP contribution >= 0.6 is 0 Å². The zero-order valence-electron chi connectivity index (χ0n) is 18.3. The fourth-order valence-electron chi connectivity index (χ4n) is 3.58. The number of carbonyl (C=O) groups excluding carboxylic acids is 1. The number of carbonyl (C=O) groups is 2. The Kier molecular flexibility index (Phi) is 7.22. The van der Waals surface area contributed by atoms with Crippen molar-refractivity contribution >= 4 is 11.9 Å². The van der Waals surface area contributed by atoms with Crippen LogP contribution in [0.1, 0.15) is 68.2 Å². The molecular formula is C23H19F6N3O3. The first-order chi connectivity index (χ1) is 16.3. The van der Waals surface area contributed by atoms with Gasteiger partial charge in [0.25, 0.3) is 12.3 Å². The molecular weight excluding hydrogens is 480 g/mol. The Morgan fingerprint density at radius 3 is 2.26 bits per heavy atom. The maximum atomic E-state index is 14.4. The maximum absolute atomic E-state index is 14.4. The Morgan fingerprint density at radius 1 is 1.11 bits per heavy atom. The van der Waals surface area contributed by atoms with E-state index in [2.05, 4.69) is 10.4 Å². The fraction of sp³-hybridized carbons (Fsp3) is 0.261. The number of nitrogens with one attached hydrogen (secondary N) is 1. The van der Waals surface area contributed by atoms with Crippen molar-refractivity contribution < 1.29 is 41.0 Å². The van der Waals surface area contributed by atoms with E-state index < -0.39 is 53.2 Å². The van der Waals surface area contributed by atoms with Gasteiger partial charge < -0.3 is 10.4 Å². The van der Waals surface area contributed by atoms with E-state index in [1.165, 1.54) is 14.0 Å². The molecule has 12 heteroatoms. The molecule has 0 aliphatic heterocycles. The molecule has 0 radical (unpaired) electrons. The van der Waals surface area contributed by atoms with Crippen molar-refractivity contribution in [3.63, 3.8) is 0 Å². The van der Waals surface area contributed by atoms with Crippen LogP contribution in [0.5, 0.6) is 0 Å². The molecule has 35 heavy (non-hydrogen) atoms. The third-order valence-corrected chi connectivity index (χ3v) is 5.31. The van der Waals surface area contributed by atoms with Gasteiger partial charge in [0.05, 0.1) is 28.4 Å². The van der Waals surface area contributed by atoms with Gasteiger partial charge in [-0.15, -0.1) is 0 Å². The van der Waals surface area contributed by atoms with E-state index in [0.717, 1.165) is 47.1 Å². The molecule has 6 nitrogen and oxygen atoms in total. The van der Waals surface area contributed by atoms with E-state index in [1.807, 2.05) is 0 Å². The third-order valence-electron chi connectivity index (χ3n) is 5.31. The van der Waals surface area contributed by atoms with Crippen LogP contribution in [0.4, 0.5) is 26.3 Å². The number of amides is 1. The zero-order valence-corrected chi connectivity index (χ0v) is 18.3. The van der Waals surface area contributed by atoms with E-state index >= 15 is 0 Å². The molecule has 0 fully saturated rings. The lowest BCUT2D eigenvalue weighted by Crippen LogP contribution is -2.29. The molecule has 0 saturated carbocycles. The Labute approximate surface area is 195 Å². The molecule has 1 aromatic heterocycles. The van der Waals surface area contributed by atoms with Crippen molar-refractivity contribution in [1.29, 1.82) is 0 Å². The molecule has 0 saturated heterocycles. The summed E-state index contributed by atoms with van der Waals surface area (Å²) in [5.41, 5.74) is -2.26. The third kappa shape index (κ3) is 5.64. The van der Waals surface area contributed by atoms with Crippen LogP contribution in [-0.2, 0) is 19.6 Å². The standard InChI is InChI=1S/C23H19F6N3O3/c1-11(15-8-5-13(22(34)35)10-16(15)24)30-21(33)18-17(31-32(2)19(18)20(25)26)9-12-3-6-14(7-4-12)23(27,28)29/h3-8,10-11,20H,9H2,1-2H3,(H,30,33)(H,34,35)/t11-/m0/s1. The van der Waals surface area contributed by atoms with Crippen molar-refractivity contribution in [2.45, 2.75) is 32.0 Å². The lowest BCUT2D eigenvalue weighted by Gasteiger charge is -2.16. The number of aromatic carboxylic acids is 1. The van der Waals surface area contributed by atoms with Gasteiger partial charge in [-0.2, -0.15) is 18.3 Å². The van der Waals surface area contributed by atoms with Gasteiger partial charge in [0.15, 0.2) is 0 Å². The highest BCUT2D eigenvalue weighted by atomic mass is 19.4. The lowest BCUT2D eigenvalue weighted by atomic mass is 10.0. The number of carboxylic acid groups (broad SMARTS) is 1. The number of benzene rings is 2. The second-order valence-electron chi connectivity index (χ2n) is 7.74. The fourth-order valence-corrected chi connectivity index (χ4v) is 3.58. The number of halogens is 6. The van der Waals surface area contributed by atoms with E-state index in [9.17, 15) is 35.9 Å². The second kappa shape index (κ2) is 9.80. The second-order valence-corrected chi connectivity index (χ2v) is 7.74. The SMILES string of the molecule is C[C@H](NC(=O)c1c(Cc2ccc(C(F)(F)F)cc2)nn(C)c1C(F)F)c1ccc(C(=O)O)cc1F. The van der Waals surface area contributed by atoms with E-state index in [0.29, 0.717) is 5.56 Å². The smallest absolute Gasteiger partial charge is 0.416 e. The van der Waals surface area contributed by atoms with Crippen molar-refractivity contribution in [1.82, 2.24) is 15.1 Å². The van der Waals surface area contributed by atoms with Gasteiger partial charge in [-0.25, -0.2) is 18.0 Å². The van der Waals surface area contributed by atoms with E-state index in [4.69, 9.17) is 5.11 Å². The molecule has 0 aliphatic carbocycles. The van der Waals surface area contributed by atoms with E-state index in [1.54, 1.807) is 0 Å². The number of rotatable bonds is 7. The van der Waals surface area contributed by atoms with Gasteiger partial charge in [-0.3, -0.25) is 9.48 Å². The maximum Gasteiger partial charge on any atom is 0.416 e. The molecule has 2 aromatic carbocycles. The van der Waals surface area contributed by atoms with Gasteiger partial charge in [0.2, 0.25) is 0 Å². The molecule has 0 aliphatic rings. The number of hydrogen-bond donors (Lipinski definition) is 2. The van der Waals surface area contributed by atoms with Crippen molar-refractivity contribution in [2.24, 2.45) is 7.05 Å². The zero-order chi connectivity index (χ0) is 26.1. The van der Waals surface area contributed by atoms with Crippen molar-refractivity contribution in [3.8, 4) is 0 Å². The summed E-state index contributed by atoms with van der Waals surface area (Å²) in [7, 11) is 1.20. The molecule has 186 valence electrons. The minimum absolute atomic E-state index is 0.0740. The van der Waals surface area contributed by atoms with Crippen LogP contribution in [0.3, 0.4) is 0 Å². The first-order valence-electron chi connectivity index (χ1n) is 10.1. The molecule has 0 bridgehead atoms. The van der Waals surface area contributed by atoms with Gasteiger partial charge in [-0.1, -0.05) is 18.2 Å². The molecule has 2 N–H and O–H groups in total. The number of aromatic nitrogens is 2. The van der Waals surface area contributed by atoms with Gasteiger partial charge in [0, 0.05) is 19.0 Å². The first kappa shape index (κ1) is 25.8. The summed E-state index contributed by atoms with van der Waals surface area (Å²) in [6, 6.07) is 6.00. The molecule has 1 amide bonds. The summed E-state index contributed by atoms with van der Waals surface area (Å²) in [5, 5.41) is 15.3. The van der Waals surface area contributed by atoms with E-state index in [-0.39, 0.29) is 23.2 Å². The predicted molar refractivity (Wildman–Crippen MR) is 112 cm³/mol. The number of aryl methyl sites for hydroxylation is 1. The summed E-state index contributed by atoms with van der Waals surface area (Å²) in [6.07, 6.45) is -7.86. The average molecular weight is 499 g/mol. The summed E-state index contributed by atoms with van der Waals surface area (Å²) in [4.78, 5) is 24.0. The number of alkyl halides is 5. The van der Waals surface area contributed by atoms with Crippen LogP contribution < -0.4 is 5.32 Å². The lowest BCUT2D eigenvalue weighted by molar-refractivity contribution is -0.137. The minimum atomic E-state index is -4.55. The quantitative estimate of drug-likeness (QED) is 0.433. The van der Waals surface area contributed by atoms with Crippen LogP contribution in [0, 0.1) is 5.82 Å². The predicted octanol–water partition coefficient (Wildman–Crippen LogP) is 5.30. The highest BCUT2D eigenvalue weighted by molar-refractivity contribution is 5.97.